The number of benzene rings is 4. The van der Waals surface area contributed by atoms with Crippen molar-refractivity contribution in [3.63, 3.8) is 0 Å². The maximum atomic E-state index is 14.7. The summed E-state index contributed by atoms with van der Waals surface area (Å²) in [4.78, 5) is 0. The molecule has 0 aliphatic rings. The van der Waals surface area contributed by atoms with E-state index in [1.807, 2.05) is 0 Å². The smallest absolute Gasteiger partial charge is 0.248 e. The second-order valence-electron chi connectivity index (χ2n) is 12.5. The highest BCUT2D eigenvalue weighted by atomic mass is 19.3. The lowest BCUT2D eigenvalue weighted by Gasteiger charge is -2.16. The first kappa shape index (κ1) is 41.3. The topological polar surface area (TPSA) is 36.9 Å². The van der Waals surface area contributed by atoms with Crippen LogP contribution in [0.5, 0.6) is 23.0 Å². The average molecular weight is 753 g/mol. The molecule has 0 saturated carbocycles. The maximum Gasteiger partial charge on any atom is 0.248 e. The molecule has 4 aromatic carbocycles. The monoisotopic (exact) mass is 752 g/mol. The molecular formula is C41H44F8O4. The van der Waals surface area contributed by atoms with Gasteiger partial charge in [-0.3, -0.25) is 0 Å². The van der Waals surface area contributed by atoms with Crippen LogP contribution in [0, 0.1) is 34.9 Å². The van der Waals surface area contributed by atoms with E-state index in [2.05, 4.69) is 0 Å². The van der Waals surface area contributed by atoms with Crippen LogP contribution in [-0.4, -0.2) is 32.4 Å². The number of rotatable bonds is 22. The predicted octanol–water partition coefficient (Wildman–Crippen LogP) is 12.6. The third-order valence-corrected chi connectivity index (χ3v) is 8.57. The Labute approximate surface area is 305 Å². The highest BCUT2D eigenvalue weighted by Gasteiger charge is 2.27. The molecule has 12 heteroatoms. The van der Waals surface area contributed by atoms with Crippen LogP contribution in [0.4, 0.5) is 35.1 Å². The molecule has 0 radical (unpaired) electrons. The highest BCUT2D eigenvalue weighted by molar-refractivity contribution is 5.68. The molecule has 0 bridgehead atoms. The van der Waals surface area contributed by atoms with E-state index < -0.39 is 40.8 Å². The molecule has 0 N–H and O–H groups in total. The molecule has 4 rings (SSSR count). The summed E-state index contributed by atoms with van der Waals surface area (Å²) in [6.07, 6.45) is 3.88. The second kappa shape index (κ2) is 20.1. The van der Waals surface area contributed by atoms with E-state index in [1.165, 1.54) is 48.5 Å². The van der Waals surface area contributed by atoms with Gasteiger partial charge in [-0.1, -0.05) is 25.7 Å². The summed E-state index contributed by atoms with van der Waals surface area (Å²) in [7, 11) is 0. The van der Waals surface area contributed by atoms with Crippen molar-refractivity contribution >= 4 is 0 Å². The molecule has 0 spiro atoms. The van der Waals surface area contributed by atoms with Gasteiger partial charge >= 0.3 is 0 Å². The summed E-state index contributed by atoms with van der Waals surface area (Å²) < 4.78 is 137. The number of hydrogen-bond donors (Lipinski definition) is 0. The van der Waals surface area contributed by atoms with Crippen molar-refractivity contribution in [2.24, 2.45) is 0 Å². The number of ether oxygens (including phenoxy) is 4. The van der Waals surface area contributed by atoms with E-state index in [-0.39, 0.29) is 84.5 Å². The largest absolute Gasteiger partial charge is 0.493 e. The van der Waals surface area contributed by atoms with Crippen LogP contribution in [0.3, 0.4) is 0 Å². The third-order valence-electron chi connectivity index (χ3n) is 8.57. The number of alkyl halides is 2. The lowest BCUT2D eigenvalue weighted by atomic mass is 10.0. The first-order chi connectivity index (χ1) is 25.5. The molecule has 288 valence electrons. The normalized spacial score (nSPS) is 11.5. The van der Waals surface area contributed by atoms with E-state index in [9.17, 15) is 35.1 Å². The van der Waals surface area contributed by atoms with Gasteiger partial charge in [-0.2, -0.15) is 8.78 Å². The standard InChI is InChI=1S/C41H44F8O4/c1-3-50-35-19-17-31(37(44)39(35)46)29-15-13-27(25-33(29)42)52-23-11-7-5-9-21-41(48,49)22-10-6-8-12-24-53-28-14-16-30(34(43)26-28)32-18-20-36(51-4-2)40(47)38(32)45/h13-20,25-26H,3-12,21-24H2,1-2H3. The van der Waals surface area contributed by atoms with E-state index in [0.717, 1.165) is 12.1 Å². The molecule has 0 atom stereocenters. The van der Waals surface area contributed by atoms with Crippen molar-refractivity contribution < 1.29 is 54.1 Å². The zero-order valence-electron chi connectivity index (χ0n) is 29.8. The van der Waals surface area contributed by atoms with Gasteiger partial charge in [0.15, 0.2) is 23.1 Å². The number of hydrogen-bond acceptors (Lipinski definition) is 4. The summed E-state index contributed by atoms with van der Waals surface area (Å²) in [6, 6.07) is 12.7. The minimum atomic E-state index is -2.77. The molecule has 0 heterocycles. The van der Waals surface area contributed by atoms with Crippen LogP contribution in [0.2, 0.25) is 0 Å². The molecular weight excluding hydrogens is 708 g/mol. The van der Waals surface area contributed by atoms with E-state index in [0.29, 0.717) is 51.4 Å². The summed E-state index contributed by atoms with van der Waals surface area (Å²) in [5, 5.41) is 0. The van der Waals surface area contributed by atoms with Gasteiger partial charge in [0.1, 0.15) is 23.1 Å². The van der Waals surface area contributed by atoms with Crippen LogP contribution in [0.25, 0.3) is 22.3 Å². The first-order valence-corrected chi connectivity index (χ1v) is 17.9. The minimum absolute atomic E-state index is 0.120. The SMILES string of the molecule is CCOc1ccc(-c2ccc(OCCCCCCC(F)(F)CCCCCCOc3ccc(-c4ccc(OCC)c(F)c4F)c(F)c3)cc2F)c(F)c1F. The Morgan fingerprint density at radius 2 is 0.811 bits per heavy atom. The summed E-state index contributed by atoms with van der Waals surface area (Å²) in [5.41, 5.74) is -0.717. The zero-order chi connectivity index (χ0) is 38.4. The molecule has 0 aliphatic carbocycles. The molecule has 0 aliphatic heterocycles. The molecule has 4 aromatic rings. The molecule has 0 amide bonds. The quantitative estimate of drug-likeness (QED) is 0.0592. The highest BCUT2D eigenvalue weighted by Crippen LogP contribution is 2.35. The van der Waals surface area contributed by atoms with Gasteiger partial charge in [-0.15, -0.1) is 0 Å². The molecule has 0 saturated heterocycles. The Morgan fingerprint density at radius 1 is 0.434 bits per heavy atom. The van der Waals surface area contributed by atoms with Crippen molar-refractivity contribution in [2.75, 3.05) is 26.4 Å². The van der Waals surface area contributed by atoms with Gasteiger partial charge in [-0.25, -0.2) is 26.3 Å². The zero-order valence-corrected chi connectivity index (χ0v) is 29.8. The fraction of sp³-hybridized carbons (Fsp3) is 0.415. The van der Waals surface area contributed by atoms with E-state index in [4.69, 9.17) is 18.9 Å². The van der Waals surface area contributed by atoms with Gasteiger partial charge in [0, 0.05) is 47.2 Å². The fourth-order valence-electron chi connectivity index (χ4n) is 5.81. The Morgan fingerprint density at radius 3 is 1.19 bits per heavy atom. The molecule has 0 aromatic heterocycles. The molecule has 53 heavy (non-hydrogen) atoms. The van der Waals surface area contributed by atoms with Crippen LogP contribution >= 0.6 is 0 Å². The molecule has 0 fully saturated rings. The van der Waals surface area contributed by atoms with E-state index in [1.54, 1.807) is 13.8 Å². The van der Waals surface area contributed by atoms with Crippen molar-refractivity contribution in [3.05, 3.63) is 95.6 Å². The predicted molar refractivity (Wildman–Crippen MR) is 188 cm³/mol. The Bertz CT molecular complexity index is 1650. The Hall–Kier alpha value is -4.48. The van der Waals surface area contributed by atoms with Crippen LogP contribution < -0.4 is 18.9 Å². The van der Waals surface area contributed by atoms with Crippen molar-refractivity contribution in [1.82, 2.24) is 0 Å². The first-order valence-electron chi connectivity index (χ1n) is 17.9. The van der Waals surface area contributed by atoms with Gasteiger partial charge in [-0.05, 0) is 88.1 Å². The lowest BCUT2D eigenvalue weighted by Crippen LogP contribution is -2.15. The summed E-state index contributed by atoms with van der Waals surface area (Å²) >= 11 is 0. The van der Waals surface area contributed by atoms with Gasteiger partial charge in [0.2, 0.25) is 17.6 Å². The Balaban J connectivity index is 1.06. The minimum Gasteiger partial charge on any atom is -0.493 e. The number of unbranched alkanes of at least 4 members (excludes halogenated alkanes) is 6. The maximum absolute atomic E-state index is 14.7. The fourth-order valence-corrected chi connectivity index (χ4v) is 5.81. The van der Waals surface area contributed by atoms with Gasteiger partial charge in [0.25, 0.3) is 0 Å². The lowest BCUT2D eigenvalue weighted by molar-refractivity contribution is -0.0207. The van der Waals surface area contributed by atoms with Gasteiger partial charge < -0.3 is 18.9 Å². The van der Waals surface area contributed by atoms with Gasteiger partial charge in [0.05, 0.1) is 26.4 Å². The molecule has 4 nitrogen and oxygen atoms in total. The third kappa shape index (κ3) is 11.8. The van der Waals surface area contributed by atoms with Crippen LogP contribution in [0.15, 0.2) is 60.7 Å². The van der Waals surface area contributed by atoms with Crippen molar-refractivity contribution in [2.45, 2.75) is 84.0 Å². The van der Waals surface area contributed by atoms with E-state index >= 15 is 0 Å². The van der Waals surface area contributed by atoms with Crippen LogP contribution in [0.1, 0.15) is 78.1 Å². The second-order valence-corrected chi connectivity index (χ2v) is 12.5. The Kier molecular flexibility index (Phi) is 15.7. The number of halogens is 8. The summed E-state index contributed by atoms with van der Waals surface area (Å²) in [6.45, 7) is 4.07. The summed E-state index contributed by atoms with van der Waals surface area (Å²) in [5.74, 6) is -9.19. The van der Waals surface area contributed by atoms with Crippen molar-refractivity contribution in [1.29, 1.82) is 0 Å². The van der Waals surface area contributed by atoms with Crippen LogP contribution in [-0.2, 0) is 0 Å². The average Bonchev–Trinajstić information content (AvgIpc) is 3.12. The van der Waals surface area contributed by atoms with Crippen molar-refractivity contribution in [3.8, 4) is 45.3 Å². The molecule has 0 unspecified atom stereocenters.